The first-order valence-corrected chi connectivity index (χ1v) is 10.8. The van der Waals surface area contributed by atoms with E-state index in [1.54, 1.807) is 14.0 Å². The van der Waals surface area contributed by atoms with E-state index in [-0.39, 0.29) is 17.6 Å². The number of benzene rings is 2. The molecule has 0 fully saturated rings. The average Bonchev–Trinajstić information content (AvgIpc) is 2.72. The Balaban J connectivity index is 1.48. The van der Waals surface area contributed by atoms with Gasteiger partial charge in [-0.2, -0.15) is 0 Å². The van der Waals surface area contributed by atoms with Crippen molar-refractivity contribution in [1.82, 2.24) is 5.32 Å². The lowest BCUT2D eigenvalue weighted by molar-refractivity contribution is -0.128. The van der Waals surface area contributed by atoms with Gasteiger partial charge >= 0.3 is 0 Å². The predicted molar refractivity (Wildman–Crippen MR) is 116 cm³/mol. The maximum Gasteiger partial charge on any atom is 0.261 e. The van der Waals surface area contributed by atoms with Gasteiger partial charge in [-0.05, 0) is 87.9 Å². The van der Waals surface area contributed by atoms with E-state index < -0.39 is 6.10 Å². The Morgan fingerprint density at radius 2 is 1.83 bits per heavy atom. The monoisotopic (exact) mass is 409 g/mol. The minimum atomic E-state index is -0.591. The van der Waals surface area contributed by atoms with E-state index in [9.17, 15) is 4.79 Å². The highest BCUT2D eigenvalue weighted by atomic mass is 16.5. The Kier molecular flexibility index (Phi) is 5.63. The van der Waals surface area contributed by atoms with Gasteiger partial charge in [0.05, 0.1) is 13.2 Å². The normalized spacial score (nSPS) is 20.2. The molecule has 0 spiro atoms. The molecule has 0 unspecified atom stereocenters. The largest absolute Gasteiger partial charge is 0.497 e. The van der Waals surface area contributed by atoms with Gasteiger partial charge in [-0.3, -0.25) is 4.79 Å². The number of amides is 1. The first kappa shape index (κ1) is 20.6. The standard InChI is InChI=1S/C25H31NO4/c1-16(29-20-10-9-17-7-5-6-8-18(17)13-20)24(27)26-22-15-25(2,3)30-23-12-11-19(28-4)14-21(22)23/h9-14,16,22H,5-8,15H2,1-4H3,(H,26,27)/t16-,22-/m1/s1. The lowest BCUT2D eigenvalue weighted by Crippen LogP contribution is -2.44. The molecule has 5 nitrogen and oxygen atoms in total. The minimum absolute atomic E-state index is 0.135. The molecule has 1 N–H and O–H groups in total. The number of aryl methyl sites for hydroxylation is 2. The molecule has 1 aliphatic heterocycles. The third-order valence-electron chi connectivity index (χ3n) is 5.99. The number of hydrogen-bond acceptors (Lipinski definition) is 4. The Morgan fingerprint density at radius 3 is 2.60 bits per heavy atom. The van der Waals surface area contributed by atoms with E-state index >= 15 is 0 Å². The molecular formula is C25H31NO4. The van der Waals surface area contributed by atoms with Crippen molar-refractivity contribution in [3.63, 3.8) is 0 Å². The van der Waals surface area contributed by atoms with Crippen LogP contribution in [0.3, 0.4) is 0 Å². The molecule has 4 rings (SSSR count). The van der Waals surface area contributed by atoms with E-state index in [4.69, 9.17) is 14.2 Å². The molecule has 1 aliphatic carbocycles. The van der Waals surface area contributed by atoms with Crippen LogP contribution < -0.4 is 19.5 Å². The molecule has 0 aromatic heterocycles. The van der Waals surface area contributed by atoms with Gasteiger partial charge in [-0.1, -0.05) is 6.07 Å². The fourth-order valence-electron chi connectivity index (χ4n) is 4.42. The fourth-order valence-corrected chi connectivity index (χ4v) is 4.42. The molecule has 0 saturated heterocycles. The van der Waals surface area contributed by atoms with Gasteiger partial charge in [0, 0.05) is 12.0 Å². The van der Waals surface area contributed by atoms with Gasteiger partial charge < -0.3 is 19.5 Å². The number of carbonyl (C=O) groups excluding carboxylic acids is 1. The molecule has 0 bridgehead atoms. The summed E-state index contributed by atoms with van der Waals surface area (Å²) in [5, 5.41) is 3.16. The Labute approximate surface area is 178 Å². The molecule has 2 aromatic carbocycles. The van der Waals surface area contributed by atoms with Crippen molar-refractivity contribution in [2.45, 2.75) is 70.6 Å². The van der Waals surface area contributed by atoms with Crippen molar-refractivity contribution in [3.05, 3.63) is 53.1 Å². The summed E-state index contributed by atoms with van der Waals surface area (Å²) in [5.74, 6) is 2.15. The number of hydrogen-bond donors (Lipinski definition) is 1. The smallest absolute Gasteiger partial charge is 0.261 e. The van der Waals surface area contributed by atoms with Crippen molar-refractivity contribution in [2.24, 2.45) is 0 Å². The minimum Gasteiger partial charge on any atom is -0.497 e. The van der Waals surface area contributed by atoms with E-state index in [1.807, 2.05) is 38.1 Å². The van der Waals surface area contributed by atoms with Crippen molar-refractivity contribution >= 4 is 5.91 Å². The first-order valence-electron chi connectivity index (χ1n) is 10.8. The summed E-state index contributed by atoms with van der Waals surface area (Å²) in [4.78, 5) is 13.0. The van der Waals surface area contributed by atoms with E-state index in [2.05, 4.69) is 17.4 Å². The number of ether oxygens (including phenoxy) is 3. The summed E-state index contributed by atoms with van der Waals surface area (Å²) >= 11 is 0. The van der Waals surface area contributed by atoms with E-state index in [1.165, 1.54) is 24.0 Å². The Hall–Kier alpha value is -2.69. The van der Waals surface area contributed by atoms with Crippen LogP contribution in [0.4, 0.5) is 0 Å². The Morgan fingerprint density at radius 1 is 1.10 bits per heavy atom. The maximum absolute atomic E-state index is 13.0. The summed E-state index contributed by atoms with van der Waals surface area (Å²) in [6, 6.07) is 11.8. The molecule has 30 heavy (non-hydrogen) atoms. The average molecular weight is 410 g/mol. The maximum atomic E-state index is 13.0. The number of nitrogens with one attached hydrogen (secondary N) is 1. The van der Waals surface area contributed by atoms with Gasteiger partial charge in [0.15, 0.2) is 6.10 Å². The predicted octanol–water partition coefficient (Wildman–Crippen LogP) is 4.76. The summed E-state index contributed by atoms with van der Waals surface area (Å²) in [5.41, 5.74) is 3.31. The van der Waals surface area contributed by atoms with Gasteiger partial charge in [0.25, 0.3) is 5.91 Å². The third kappa shape index (κ3) is 4.40. The topological polar surface area (TPSA) is 56.8 Å². The number of methoxy groups -OCH3 is 1. The molecule has 1 amide bonds. The van der Waals surface area contributed by atoms with Crippen LogP contribution in [0, 0.1) is 0 Å². The van der Waals surface area contributed by atoms with Crippen molar-refractivity contribution in [1.29, 1.82) is 0 Å². The molecular weight excluding hydrogens is 378 g/mol. The fraction of sp³-hybridized carbons (Fsp3) is 0.480. The van der Waals surface area contributed by atoms with Crippen molar-refractivity contribution < 1.29 is 19.0 Å². The van der Waals surface area contributed by atoms with E-state index in [0.29, 0.717) is 6.42 Å². The van der Waals surface area contributed by atoms with Crippen LogP contribution in [0.25, 0.3) is 0 Å². The second-order valence-electron chi connectivity index (χ2n) is 8.93. The summed E-state index contributed by atoms with van der Waals surface area (Å²) < 4.78 is 17.5. The van der Waals surface area contributed by atoms with Gasteiger partial charge in [-0.15, -0.1) is 0 Å². The quantitative estimate of drug-likeness (QED) is 0.774. The van der Waals surface area contributed by atoms with Crippen LogP contribution >= 0.6 is 0 Å². The zero-order chi connectivity index (χ0) is 21.3. The third-order valence-corrected chi connectivity index (χ3v) is 5.99. The van der Waals surface area contributed by atoms with E-state index in [0.717, 1.165) is 35.7 Å². The van der Waals surface area contributed by atoms with Gasteiger partial charge in [-0.25, -0.2) is 0 Å². The summed E-state index contributed by atoms with van der Waals surface area (Å²) in [6.07, 6.45) is 4.77. The molecule has 1 heterocycles. The summed E-state index contributed by atoms with van der Waals surface area (Å²) in [6.45, 7) is 5.87. The van der Waals surface area contributed by atoms with Crippen LogP contribution in [0.15, 0.2) is 36.4 Å². The molecule has 2 aromatic rings. The molecule has 0 saturated carbocycles. The van der Waals surface area contributed by atoms with Crippen molar-refractivity contribution in [3.8, 4) is 17.2 Å². The number of rotatable bonds is 5. The highest BCUT2D eigenvalue weighted by Gasteiger charge is 2.35. The van der Waals surface area contributed by atoms with Gasteiger partial charge in [0.2, 0.25) is 0 Å². The molecule has 2 aliphatic rings. The molecule has 5 heteroatoms. The van der Waals surface area contributed by atoms with Crippen LogP contribution in [-0.4, -0.2) is 24.7 Å². The molecule has 160 valence electrons. The van der Waals surface area contributed by atoms with Crippen LogP contribution in [-0.2, 0) is 17.6 Å². The first-order chi connectivity index (χ1) is 14.3. The number of carbonyl (C=O) groups is 1. The van der Waals surface area contributed by atoms with Crippen LogP contribution in [0.2, 0.25) is 0 Å². The van der Waals surface area contributed by atoms with Crippen molar-refractivity contribution in [2.75, 3.05) is 7.11 Å². The highest BCUT2D eigenvalue weighted by Crippen LogP contribution is 2.41. The lowest BCUT2D eigenvalue weighted by atomic mass is 9.89. The summed E-state index contributed by atoms with van der Waals surface area (Å²) in [7, 11) is 1.64. The second kappa shape index (κ2) is 8.21. The molecule has 0 radical (unpaired) electrons. The Bertz CT molecular complexity index is 937. The van der Waals surface area contributed by atoms with Gasteiger partial charge in [0.1, 0.15) is 22.8 Å². The highest BCUT2D eigenvalue weighted by molar-refractivity contribution is 5.81. The second-order valence-corrected chi connectivity index (χ2v) is 8.93. The van der Waals surface area contributed by atoms with Crippen LogP contribution in [0.1, 0.15) is 62.8 Å². The number of fused-ring (bicyclic) bond motifs is 2. The van der Waals surface area contributed by atoms with Crippen LogP contribution in [0.5, 0.6) is 17.2 Å². The lowest BCUT2D eigenvalue weighted by Gasteiger charge is -2.38. The zero-order valence-corrected chi connectivity index (χ0v) is 18.3. The zero-order valence-electron chi connectivity index (χ0n) is 18.3. The SMILES string of the molecule is COc1ccc2c(c1)[C@H](NC(=O)[C@@H](C)Oc1ccc3c(c1)CCCC3)CC(C)(C)O2. The molecule has 2 atom stereocenters.